The molecule has 2 heterocycles. The van der Waals surface area contributed by atoms with Crippen LogP contribution in [0.25, 0.3) is 10.9 Å². The van der Waals surface area contributed by atoms with Gasteiger partial charge in [0.2, 0.25) is 0 Å². The number of pyridine rings is 2. The van der Waals surface area contributed by atoms with Gasteiger partial charge in [-0.15, -0.1) is 0 Å². The second-order valence-corrected chi connectivity index (χ2v) is 2.03. The number of nitrogens with one attached hydrogen (secondary N) is 1. The van der Waals surface area contributed by atoms with Crippen molar-refractivity contribution in [2.24, 2.45) is 11.7 Å². The summed E-state index contributed by atoms with van der Waals surface area (Å²) < 4.78 is 0. The van der Waals surface area contributed by atoms with Crippen LogP contribution in [0.3, 0.4) is 0 Å². The fourth-order valence-corrected chi connectivity index (χ4v) is 0.908. The van der Waals surface area contributed by atoms with Crippen molar-refractivity contribution in [2.45, 2.75) is 0 Å². The molecule has 5 N–H and O–H groups in total. The number of benzene rings is 1. The minimum Gasteiger partial charge on any atom is -0.322 e. The standard InChI is InChI=1S/C7H5NO.H4N2/c9-7-5-1-3-6(8-7)4-2-5;1-2/h1-4H,(H,8,9);1-2H2. The summed E-state index contributed by atoms with van der Waals surface area (Å²) in [5.41, 5.74) is 0.894. The van der Waals surface area contributed by atoms with Crippen LogP contribution >= 0.6 is 0 Å². The third kappa shape index (κ3) is 1.36. The molecule has 58 valence electrons. The highest BCUT2D eigenvalue weighted by Crippen LogP contribution is 2.01. The van der Waals surface area contributed by atoms with Crippen LogP contribution in [0.1, 0.15) is 0 Å². The number of aromatic amines is 1. The van der Waals surface area contributed by atoms with Crippen LogP contribution in [0, 0.1) is 0 Å². The van der Waals surface area contributed by atoms with Gasteiger partial charge in [-0.05, 0) is 24.3 Å². The van der Waals surface area contributed by atoms with E-state index in [-0.39, 0.29) is 5.56 Å². The number of hydrazine groups is 1. The molecular formula is C7H9N3O. The van der Waals surface area contributed by atoms with Gasteiger partial charge in [0.15, 0.2) is 0 Å². The molecule has 0 radical (unpaired) electrons. The first-order chi connectivity index (χ1) is 5.36. The van der Waals surface area contributed by atoms with Gasteiger partial charge in [-0.3, -0.25) is 16.5 Å². The summed E-state index contributed by atoms with van der Waals surface area (Å²) in [6.07, 6.45) is 0. The minimum absolute atomic E-state index is 0.00926. The van der Waals surface area contributed by atoms with E-state index in [0.29, 0.717) is 0 Å². The zero-order valence-corrected chi connectivity index (χ0v) is 5.87. The van der Waals surface area contributed by atoms with E-state index in [4.69, 9.17) is 0 Å². The molecule has 0 atom stereocenters. The average molecular weight is 151 g/mol. The predicted octanol–water partition coefficient (Wildman–Crippen LogP) is -0.215. The maximum atomic E-state index is 10.8. The number of hydrogen-bond acceptors (Lipinski definition) is 3. The van der Waals surface area contributed by atoms with Crippen molar-refractivity contribution >= 4 is 10.9 Å². The van der Waals surface area contributed by atoms with Gasteiger partial charge in [-0.25, -0.2) is 0 Å². The molecule has 0 aliphatic heterocycles. The van der Waals surface area contributed by atoms with Crippen LogP contribution in [0.2, 0.25) is 0 Å². The molecule has 0 spiro atoms. The van der Waals surface area contributed by atoms with Crippen molar-refractivity contribution in [3.8, 4) is 0 Å². The second kappa shape index (κ2) is 3.14. The normalized spacial score (nSPS) is 9.27. The van der Waals surface area contributed by atoms with Crippen molar-refractivity contribution < 1.29 is 0 Å². The van der Waals surface area contributed by atoms with Crippen LogP contribution < -0.4 is 17.2 Å². The van der Waals surface area contributed by atoms with E-state index in [1.165, 1.54) is 0 Å². The maximum absolute atomic E-state index is 10.8. The minimum atomic E-state index is 0.00926. The van der Waals surface area contributed by atoms with E-state index >= 15 is 0 Å². The summed E-state index contributed by atoms with van der Waals surface area (Å²) in [6.45, 7) is 0. The summed E-state index contributed by atoms with van der Waals surface area (Å²) >= 11 is 0. The van der Waals surface area contributed by atoms with Gasteiger partial charge in [-0.1, -0.05) is 0 Å². The lowest BCUT2D eigenvalue weighted by molar-refractivity contribution is 1.26. The van der Waals surface area contributed by atoms with Crippen LogP contribution in [0.5, 0.6) is 0 Å². The van der Waals surface area contributed by atoms with Crippen LogP contribution in [-0.2, 0) is 0 Å². The van der Waals surface area contributed by atoms with Crippen molar-refractivity contribution in [3.63, 3.8) is 0 Å². The van der Waals surface area contributed by atoms with Gasteiger partial charge in [0.1, 0.15) is 0 Å². The topological polar surface area (TPSA) is 84.9 Å². The van der Waals surface area contributed by atoms with Crippen molar-refractivity contribution in [3.05, 3.63) is 34.6 Å². The lowest BCUT2D eigenvalue weighted by Crippen LogP contribution is -2.05. The SMILES string of the molecule is NN.O=c1[nH]c2ccc1cc2. The Morgan fingerprint density at radius 1 is 1.09 bits per heavy atom. The number of nitrogens with two attached hydrogens (primary N) is 2. The molecule has 0 saturated carbocycles. The molecule has 0 amide bonds. The van der Waals surface area contributed by atoms with Gasteiger partial charge < -0.3 is 4.98 Å². The number of H-pyrrole nitrogens is 1. The Labute approximate surface area is 63.1 Å². The summed E-state index contributed by atoms with van der Waals surface area (Å²) in [5, 5.41) is 0.741. The summed E-state index contributed by atoms with van der Waals surface area (Å²) in [5.74, 6) is 8.00. The molecule has 2 bridgehead atoms. The lowest BCUT2D eigenvalue weighted by Gasteiger charge is -1.93. The van der Waals surface area contributed by atoms with Gasteiger partial charge in [-0.2, -0.15) is 0 Å². The first-order valence-corrected chi connectivity index (χ1v) is 3.11. The highest BCUT2D eigenvalue weighted by atomic mass is 16.1. The molecule has 4 nitrogen and oxygen atoms in total. The van der Waals surface area contributed by atoms with Crippen molar-refractivity contribution in [1.29, 1.82) is 0 Å². The van der Waals surface area contributed by atoms with Gasteiger partial charge in [0.25, 0.3) is 5.56 Å². The molecule has 4 heteroatoms. The largest absolute Gasteiger partial charge is 0.322 e. The van der Waals surface area contributed by atoms with E-state index in [2.05, 4.69) is 16.7 Å². The Balaban J connectivity index is 0.000000281. The van der Waals surface area contributed by atoms with E-state index in [9.17, 15) is 4.79 Å². The molecule has 0 fully saturated rings. The Hall–Kier alpha value is -1.39. The van der Waals surface area contributed by atoms with Crippen molar-refractivity contribution in [2.75, 3.05) is 0 Å². The number of rotatable bonds is 0. The maximum Gasteiger partial charge on any atom is 0.255 e. The number of fused-ring (bicyclic) bond motifs is 3. The quantitative estimate of drug-likeness (QED) is 0.359. The summed E-state index contributed by atoms with van der Waals surface area (Å²) in [6, 6.07) is 7.40. The van der Waals surface area contributed by atoms with Gasteiger partial charge in [0.05, 0.1) is 0 Å². The van der Waals surface area contributed by atoms with Crippen LogP contribution in [0.4, 0.5) is 0 Å². The predicted molar refractivity (Wildman–Crippen MR) is 44.1 cm³/mol. The highest BCUT2D eigenvalue weighted by molar-refractivity contribution is 5.62. The zero-order valence-electron chi connectivity index (χ0n) is 5.87. The first kappa shape index (κ1) is 7.71. The molecule has 3 rings (SSSR count). The third-order valence-corrected chi connectivity index (χ3v) is 1.40. The molecule has 3 aromatic rings. The first-order valence-electron chi connectivity index (χ1n) is 3.11. The Morgan fingerprint density at radius 2 is 1.64 bits per heavy atom. The van der Waals surface area contributed by atoms with Crippen LogP contribution in [-0.4, -0.2) is 4.98 Å². The molecule has 0 saturated heterocycles. The molecule has 0 aliphatic carbocycles. The smallest absolute Gasteiger partial charge is 0.255 e. The summed E-state index contributed by atoms with van der Waals surface area (Å²) in [4.78, 5) is 13.5. The van der Waals surface area contributed by atoms with E-state index in [1.807, 2.05) is 24.3 Å². The molecule has 0 unspecified atom stereocenters. The van der Waals surface area contributed by atoms with Gasteiger partial charge in [0, 0.05) is 10.9 Å². The van der Waals surface area contributed by atoms with E-state index < -0.39 is 0 Å². The second-order valence-electron chi connectivity index (χ2n) is 2.03. The fraction of sp³-hybridized carbons (Fsp3) is 0. The Bertz CT molecular complexity index is 348. The molecular weight excluding hydrogens is 142 g/mol. The van der Waals surface area contributed by atoms with E-state index in [1.54, 1.807) is 0 Å². The molecule has 2 aromatic heterocycles. The Morgan fingerprint density at radius 3 is 1.82 bits per heavy atom. The fourth-order valence-electron chi connectivity index (χ4n) is 0.908. The number of aromatic nitrogens is 1. The monoisotopic (exact) mass is 151 g/mol. The third-order valence-electron chi connectivity index (χ3n) is 1.40. The van der Waals surface area contributed by atoms with Crippen LogP contribution in [0.15, 0.2) is 29.1 Å². The van der Waals surface area contributed by atoms with Crippen molar-refractivity contribution in [1.82, 2.24) is 4.98 Å². The molecule has 1 aromatic carbocycles. The zero-order chi connectivity index (χ0) is 8.27. The molecule has 0 aliphatic rings. The van der Waals surface area contributed by atoms with E-state index in [0.717, 1.165) is 10.9 Å². The Kier molecular flexibility index (Phi) is 2.20. The average Bonchev–Trinajstić information content (AvgIpc) is 2.10. The van der Waals surface area contributed by atoms with Gasteiger partial charge >= 0.3 is 0 Å². The number of hydrogen-bond donors (Lipinski definition) is 3. The molecule has 11 heavy (non-hydrogen) atoms. The summed E-state index contributed by atoms with van der Waals surface area (Å²) in [7, 11) is 0. The lowest BCUT2D eigenvalue weighted by atomic mass is 10.2. The highest BCUT2D eigenvalue weighted by Gasteiger charge is 1.92.